The molecule has 3 aromatic heterocycles. The predicted molar refractivity (Wildman–Crippen MR) is 97.1 cm³/mol. The number of aromatic nitrogens is 4. The van der Waals surface area contributed by atoms with Gasteiger partial charge in [-0.25, -0.2) is 23.4 Å². The number of carbonyl (C=O) groups excluding carboxylic acids is 1. The number of nitrogens with one attached hydrogen (secondary N) is 1. The van der Waals surface area contributed by atoms with Crippen molar-refractivity contribution in [2.45, 2.75) is 20.4 Å². The quantitative estimate of drug-likeness (QED) is 0.600. The van der Waals surface area contributed by atoms with Gasteiger partial charge in [-0.1, -0.05) is 0 Å². The van der Waals surface area contributed by atoms with Crippen LogP contribution in [0.2, 0.25) is 0 Å². The topological polar surface area (TPSA) is 81.3 Å². The zero-order valence-corrected chi connectivity index (χ0v) is 14.8. The zero-order chi connectivity index (χ0) is 18.4. The van der Waals surface area contributed by atoms with Crippen molar-refractivity contribution in [1.29, 1.82) is 0 Å². The molecule has 0 atom stereocenters. The Balaban J connectivity index is 1.71. The van der Waals surface area contributed by atoms with Gasteiger partial charge in [-0.15, -0.1) is 11.3 Å². The lowest BCUT2D eigenvalue weighted by Crippen LogP contribution is -2.28. The molecule has 0 radical (unpaired) electrons. The monoisotopic (exact) mass is 371 g/mol. The van der Waals surface area contributed by atoms with Crippen LogP contribution in [0.4, 0.5) is 10.1 Å². The molecule has 4 rings (SSSR count). The summed E-state index contributed by atoms with van der Waals surface area (Å²) in [5.41, 5.74) is 1.42. The highest BCUT2D eigenvalue weighted by molar-refractivity contribution is 7.18. The van der Waals surface area contributed by atoms with E-state index >= 15 is 0 Å². The van der Waals surface area contributed by atoms with Crippen LogP contribution in [0.15, 0.2) is 35.4 Å². The molecule has 1 aromatic carbocycles. The molecule has 0 aliphatic carbocycles. The van der Waals surface area contributed by atoms with E-state index in [-0.39, 0.29) is 6.54 Å². The molecule has 0 spiro atoms. The maximum Gasteiger partial charge on any atom is 0.365 e. The summed E-state index contributed by atoms with van der Waals surface area (Å²) in [5.74, 6) is -0.809. The third-order valence-corrected chi connectivity index (χ3v) is 5.31. The number of aryl methyl sites for hydroxylation is 2. The number of nitrogens with zero attached hydrogens (tertiary/aromatic N) is 4. The molecule has 0 fully saturated rings. The summed E-state index contributed by atoms with van der Waals surface area (Å²) in [6.07, 6.45) is 1.49. The highest BCUT2D eigenvalue weighted by Gasteiger charge is 2.17. The average molecular weight is 371 g/mol. The number of hydrogen-bond donors (Lipinski definition) is 1. The van der Waals surface area contributed by atoms with Crippen LogP contribution in [0.1, 0.15) is 10.4 Å². The van der Waals surface area contributed by atoms with Crippen molar-refractivity contribution >= 4 is 38.8 Å². The lowest BCUT2D eigenvalue weighted by Gasteiger charge is -2.07. The minimum atomic E-state index is -0.531. The highest BCUT2D eigenvalue weighted by Crippen LogP contribution is 2.30. The van der Waals surface area contributed by atoms with Crippen molar-refractivity contribution in [3.8, 4) is 0 Å². The second-order valence-electron chi connectivity index (χ2n) is 5.88. The van der Waals surface area contributed by atoms with Crippen molar-refractivity contribution in [3.05, 3.63) is 57.3 Å². The summed E-state index contributed by atoms with van der Waals surface area (Å²) in [7, 11) is 0. The highest BCUT2D eigenvalue weighted by atomic mass is 32.1. The SMILES string of the molecule is Cc1sc2ncn3c(nc(=O)n3CC(=O)Nc3ccc(F)cc3)c2c1C. The summed E-state index contributed by atoms with van der Waals surface area (Å²) >= 11 is 1.54. The number of fused-ring (bicyclic) bond motifs is 3. The Morgan fingerprint density at radius 1 is 1.27 bits per heavy atom. The summed E-state index contributed by atoms with van der Waals surface area (Å²) < 4.78 is 15.7. The lowest BCUT2D eigenvalue weighted by molar-refractivity contribution is -0.117. The molecule has 0 saturated heterocycles. The summed E-state index contributed by atoms with van der Waals surface area (Å²) in [6, 6.07) is 5.40. The van der Waals surface area contributed by atoms with Gasteiger partial charge < -0.3 is 5.32 Å². The van der Waals surface area contributed by atoms with Gasteiger partial charge in [0, 0.05) is 10.6 Å². The molecule has 3 heterocycles. The first-order valence-corrected chi connectivity index (χ1v) is 8.65. The lowest BCUT2D eigenvalue weighted by atomic mass is 10.2. The molecule has 9 heteroatoms. The van der Waals surface area contributed by atoms with E-state index in [0.717, 1.165) is 20.7 Å². The van der Waals surface area contributed by atoms with Crippen molar-refractivity contribution < 1.29 is 9.18 Å². The molecule has 0 aliphatic heterocycles. The van der Waals surface area contributed by atoms with Crippen LogP contribution in [0.3, 0.4) is 0 Å². The first kappa shape index (κ1) is 16.4. The van der Waals surface area contributed by atoms with Crippen LogP contribution in [-0.4, -0.2) is 25.1 Å². The molecule has 132 valence electrons. The Kier molecular flexibility index (Phi) is 3.80. The Morgan fingerprint density at radius 2 is 2.00 bits per heavy atom. The van der Waals surface area contributed by atoms with Gasteiger partial charge in [0.05, 0.1) is 5.39 Å². The van der Waals surface area contributed by atoms with Crippen LogP contribution in [0, 0.1) is 19.7 Å². The number of anilines is 1. The molecule has 7 nitrogen and oxygen atoms in total. The number of amides is 1. The number of rotatable bonds is 3. The smallest absolute Gasteiger partial charge is 0.324 e. The number of benzene rings is 1. The van der Waals surface area contributed by atoms with Crippen molar-refractivity contribution in [2.75, 3.05) is 5.32 Å². The Bertz CT molecular complexity index is 1210. The normalized spacial score (nSPS) is 11.3. The molecule has 1 amide bonds. The van der Waals surface area contributed by atoms with Gasteiger partial charge in [0.15, 0.2) is 5.65 Å². The third kappa shape index (κ3) is 2.66. The fourth-order valence-corrected chi connectivity index (χ4v) is 3.77. The molecule has 0 aliphatic rings. The first-order chi connectivity index (χ1) is 12.4. The average Bonchev–Trinajstić information content (AvgIpc) is 3.07. The summed E-state index contributed by atoms with van der Waals surface area (Å²) in [5, 5.41) is 3.45. The van der Waals surface area contributed by atoms with E-state index in [1.807, 2.05) is 13.8 Å². The summed E-state index contributed by atoms with van der Waals surface area (Å²) in [4.78, 5) is 35.0. The number of thiophene rings is 1. The maximum absolute atomic E-state index is 12.9. The first-order valence-electron chi connectivity index (χ1n) is 7.83. The molecule has 1 N–H and O–H groups in total. The molecular weight excluding hydrogens is 357 g/mol. The van der Waals surface area contributed by atoms with Crippen LogP contribution in [0.25, 0.3) is 15.9 Å². The Morgan fingerprint density at radius 3 is 2.73 bits per heavy atom. The maximum atomic E-state index is 12.9. The van der Waals surface area contributed by atoms with Gasteiger partial charge in [0.1, 0.15) is 23.5 Å². The number of halogens is 1. The van der Waals surface area contributed by atoms with E-state index in [2.05, 4.69) is 15.3 Å². The van der Waals surface area contributed by atoms with E-state index in [9.17, 15) is 14.0 Å². The van der Waals surface area contributed by atoms with Crippen molar-refractivity contribution in [1.82, 2.24) is 19.2 Å². The second-order valence-corrected chi connectivity index (χ2v) is 7.09. The number of carbonyl (C=O) groups is 1. The van der Waals surface area contributed by atoms with Gasteiger partial charge >= 0.3 is 5.69 Å². The fourth-order valence-electron chi connectivity index (χ4n) is 2.78. The molecule has 4 aromatic rings. The van der Waals surface area contributed by atoms with E-state index in [0.29, 0.717) is 11.3 Å². The van der Waals surface area contributed by atoms with Crippen molar-refractivity contribution in [3.63, 3.8) is 0 Å². The molecule has 0 unspecified atom stereocenters. The van der Waals surface area contributed by atoms with Gasteiger partial charge in [-0.05, 0) is 43.7 Å². The standard InChI is InChI=1S/C17H14FN5O2S/c1-9-10(2)26-16-14(9)15-21-17(25)22(23(15)8-19-16)7-13(24)20-12-5-3-11(18)4-6-12/h3-6,8H,7H2,1-2H3,(H,20,24). The van der Waals surface area contributed by atoms with Crippen LogP contribution in [-0.2, 0) is 11.3 Å². The van der Waals surface area contributed by atoms with Gasteiger partial charge in [-0.2, -0.15) is 4.98 Å². The number of hydrogen-bond acceptors (Lipinski definition) is 5. The minimum absolute atomic E-state index is 0.229. The van der Waals surface area contributed by atoms with Crippen LogP contribution < -0.4 is 11.0 Å². The molecular formula is C17H14FN5O2S. The fraction of sp³-hybridized carbons (Fsp3) is 0.176. The van der Waals surface area contributed by atoms with Gasteiger partial charge in [0.25, 0.3) is 0 Å². The third-order valence-electron chi connectivity index (χ3n) is 4.20. The second kappa shape index (κ2) is 6.03. The van der Waals surface area contributed by atoms with Gasteiger partial charge in [-0.3, -0.25) is 4.79 Å². The largest absolute Gasteiger partial charge is 0.365 e. The van der Waals surface area contributed by atoms with Crippen LogP contribution >= 0.6 is 11.3 Å². The molecule has 0 saturated carbocycles. The minimum Gasteiger partial charge on any atom is -0.324 e. The zero-order valence-electron chi connectivity index (χ0n) is 14.0. The summed E-state index contributed by atoms with van der Waals surface area (Å²) in [6.45, 7) is 3.72. The molecule has 26 heavy (non-hydrogen) atoms. The van der Waals surface area contributed by atoms with E-state index in [1.54, 1.807) is 0 Å². The van der Waals surface area contributed by atoms with E-state index in [1.165, 1.54) is 51.1 Å². The van der Waals surface area contributed by atoms with Crippen LogP contribution in [0.5, 0.6) is 0 Å². The Labute approximate surface area is 150 Å². The molecule has 0 bridgehead atoms. The van der Waals surface area contributed by atoms with Gasteiger partial charge in [0.2, 0.25) is 5.91 Å². The predicted octanol–water partition coefficient (Wildman–Crippen LogP) is 2.50. The van der Waals surface area contributed by atoms with E-state index in [4.69, 9.17) is 0 Å². The Hall–Kier alpha value is -3.07. The van der Waals surface area contributed by atoms with E-state index < -0.39 is 17.4 Å². The van der Waals surface area contributed by atoms with Crippen molar-refractivity contribution in [2.24, 2.45) is 0 Å².